The van der Waals surface area contributed by atoms with Gasteiger partial charge in [0.25, 0.3) is 0 Å². The van der Waals surface area contributed by atoms with E-state index >= 15 is 0 Å². The van der Waals surface area contributed by atoms with Gasteiger partial charge in [0, 0.05) is 19.6 Å². The van der Waals surface area contributed by atoms with Gasteiger partial charge in [0.2, 0.25) is 0 Å². The van der Waals surface area contributed by atoms with Crippen LogP contribution in [-0.2, 0) is 19.5 Å². The van der Waals surface area contributed by atoms with Crippen LogP contribution in [0.1, 0.15) is 23.6 Å². The van der Waals surface area contributed by atoms with E-state index in [4.69, 9.17) is 5.73 Å². The van der Waals surface area contributed by atoms with Gasteiger partial charge >= 0.3 is 0 Å². The molecule has 0 saturated heterocycles. The highest BCUT2D eigenvalue weighted by atomic mass is 15.1. The predicted octanol–water partition coefficient (Wildman–Crippen LogP) is 3.21. The Labute approximate surface area is 122 Å². The molecule has 0 atom stereocenters. The normalized spacial score (nSPS) is 10.9. The molecule has 0 spiro atoms. The number of benzene rings is 2. The van der Waals surface area contributed by atoms with Gasteiger partial charge in [-0.25, -0.2) is 0 Å². The largest absolute Gasteiger partial charge is 0.326 e. The van der Waals surface area contributed by atoms with Crippen LogP contribution < -0.4 is 5.73 Å². The van der Waals surface area contributed by atoms with E-state index in [-0.39, 0.29) is 0 Å². The third kappa shape index (κ3) is 4.19. The zero-order valence-corrected chi connectivity index (χ0v) is 12.3. The van der Waals surface area contributed by atoms with Crippen LogP contribution in [0.15, 0.2) is 54.6 Å². The predicted molar refractivity (Wildman–Crippen MR) is 85.4 cm³/mol. The van der Waals surface area contributed by atoms with Gasteiger partial charge in [-0.1, -0.05) is 61.5 Å². The molecule has 2 heteroatoms. The molecule has 2 aromatic rings. The smallest absolute Gasteiger partial charge is 0.0236 e. The summed E-state index contributed by atoms with van der Waals surface area (Å²) in [6.07, 6.45) is 1.10. The Morgan fingerprint density at radius 1 is 0.900 bits per heavy atom. The second-order valence-corrected chi connectivity index (χ2v) is 5.08. The fourth-order valence-corrected chi connectivity index (χ4v) is 2.43. The first-order valence-electron chi connectivity index (χ1n) is 7.36. The Balaban J connectivity index is 1.95. The maximum absolute atomic E-state index is 5.81. The first kappa shape index (κ1) is 14.8. The molecule has 0 saturated carbocycles. The van der Waals surface area contributed by atoms with Crippen molar-refractivity contribution < 1.29 is 0 Å². The van der Waals surface area contributed by atoms with E-state index in [1.807, 2.05) is 0 Å². The first-order chi connectivity index (χ1) is 9.83. The van der Waals surface area contributed by atoms with Crippen molar-refractivity contribution >= 4 is 0 Å². The Bertz CT molecular complexity index is 508. The molecule has 0 aliphatic heterocycles. The van der Waals surface area contributed by atoms with Crippen LogP contribution in [0.2, 0.25) is 0 Å². The van der Waals surface area contributed by atoms with Gasteiger partial charge in [-0.15, -0.1) is 0 Å². The standard InChI is InChI=1S/C18H24N2/c1-2-20(13-12-16-8-4-3-5-9-16)15-18-11-7-6-10-17(18)14-19/h3-11H,2,12-15,19H2,1H3. The summed E-state index contributed by atoms with van der Waals surface area (Å²) in [6, 6.07) is 19.1. The summed E-state index contributed by atoms with van der Waals surface area (Å²) in [5.41, 5.74) is 9.82. The zero-order valence-electron chi connectivity index (χ0n) is 12.3. The SMILES string of the molecule is CCN(CCc1ccccc1)Cc1ccccc1CN. The van der Waals surface area contributed by atoms with Crippen molar-refractivity contribution in [3.8, 4) is 0 Å². The molecule has 0 bridgehead atoms. The lowest BCUT2D eigenvalue weighted by atomic mass is 10.1. The van der Waals surface area contributed by atoms with Crippen molar-refractivity contribution in [3.63, 3.8) is 0 Å². The van der Waals surface area contributed by atoms with Crippen LogP contribution in [0, 0.1) is 0 Å². The number of rotatable bonds is 7. The van der Waals surface area contributed by atoms with Crippen molar-refractivity contribution in [2.24, 2.45) is 5.73 Å². The van der Waals surface area contributed by atoms with Crippen LogP contribution in [0.25, 0.3) is 0 Å². The first-order valence-corrected chi connectivity index (χ1v) is 7.36. The lowest BCUT2D eigenvalue weighted by Crippen LogP contribution is -2.26. The molecule has 0 heterocycles. The molecular weight excluding hydrogens is 244 g/mol. The molecule has 0 unspecified atom stereocenters. The average Bonchev–Trinajstić information content (AvgIpc) is 2.52. The minimum absolute atomic E-state index is 0.617. The third-order valence-electron chi connectivity index (χ3n) is 3.74. The second kappa shape index (κ2) is 7.83. The van der Waals surface area contributed by atoms with Crippen LogP contribution >= 0.6 is 0 Å². The second-order valence-electron chi connectivity index (χ2n) is 5.08. The van der Waals surface area contributed by atoms with E-state index in [0.29, 0.717) is 6.54 Å². The summed E-state index contributed by atoms with van der Waals surface area (Å²) in [4.78, 5) is 2.47. The summed E-state index contributed by atoms with van der Waals surface area (Å²) < 4.78 is 0. The molecule has 0 radical (unpaired) electrons. The van der Waals surface area contributed by atoms with Crippen molar-refractivity contribution in [2.75, 3.05) is 13.1 Å². The quantitative estimate of drug-likeness (QED) is 0.835. The summed E-state index contributed by atoms with van der Waals surface area (Å²) in [6.45, 7) is 5.96. The summed E-state index contributed by atoms with van der Waals surface area (Å²) in [7, 11) is 0. The molecule has 0 fully saturated rings. The van der Waals surface area contributed by atoms with E-state index in [2.05, 4.69) is 66.4 Å². The molecule has 2 N–H and O–H groups in total. The van der Waals surface area contributed by atoms with E-state index in [9.17, 15) is 0 Å². The lowest BCUT2D eigenvalue weighted by molar-refractivity contribution is 0.283. The van der Waals surface area contributed by atoms with Gasteiger partial charge < -0.3 is 5.73 Å². The van der Waals surface area contributed by atoms with E-state index in [0.717, 1.165) is 26.1 Å². The van der Waals surface area contributed by atoms with Crippen molar-refractivity contribution in [1.29, 1.82) is 0 Å². The summed E-state index contributed by atoms with van der Waals surface area (Å²) in [5, 5.41) is 0. The minimum Gasteiger partial charge on any atom is -0.326 e. The highest BCUT2D eigenvalue weighted by Crippen LogP contribution is 2.12. The highest BCUT2D eigenvalue weighted by molar-refractivity contribution is 5.26. The molecule has 2 rings (SSSR count). The molecule has 106 valence electrons. The number of hydrogen-bond donors (Lipinski definition) is 1. The Morgan fingerprint density at radius 3 is 2.20 bits per heavy atom. The van der Waals surface area contributed by atoms with Gasteiger partial charge in [0.1, 0.15) is 0 Å². The van der Waals surface area contributed by atoms with Crippen LogP contribution in [-0.4, -0.2) is 18.0 Å². The maximum atomic E-state index is 5.81. The average molecular weight is 268 g/mol. The van der Waals surface area contributed by atoms with Crippen LogP contribution in [0.5, 0.6) is 0 Å². The molecule has 0 aliphatic carbocycles. The molecule has 20 heavy (non-hydrogen) atoms. The van der Waals surface area contributed by atoms with Crippen molar-refractivity contribution in [2.45, 2.75) is 26.4 Å². The molecule has 0 aliphatic rings. The van der Waals surface area contributed by atoms with E-state index < -0.39 is 0 Å². The summed E-state index contributed by atoms with van der Waals surface area (Å²) >= 11 is 0. The Kier molecular flexibility index (Phi) is 5.78. The monoisotopic (exact) mass is 268 g/mol. The number of nitrogens with zero attached hydrogens (tertiary/aromatic N) is 1. The maximum Gasteiger partial charge on any atom is 0.0236 e. The van der Waals surface area contributed by atoms with Gasteiger partial charge in [0.05, 0.1) is 0 Å². The van der Waals surface area contributed by atoms with Crippen LogP contribution in [0.4, 0.5) is 0 Å². The molecule has 0 aromatic heterocycles. The van der Waals surface area contributed by atoms with E-state index in [1.165, 1.54) is 16.7 Å². The van der Waals surface area contributed by atoms with E-state index in [1.54, 1.807) is 0 Å². The Hall–Kier alpha value is -1.64. The third-order valence-corrected chi connectivity index (χ3v) is 3.74. The van der Waals surface area contributed by atoms with Crippen molar-refractivity contribution in [1.82, 2.24) is 4.90 Å². The fraction of sp³-hybridized carbons (Fsp3) is 0.333. The number of hydrogen-bond acceptors (Lipinski definition) is 2. The molecule has 2 nitrogen and oxygen atoms in total. The minimum atomic E-state index is 0.617. The molecule has 0 amide bonds. The molecular formula is C18H24N2. The van der Waals surface area contributed by atoms with Gasteiger partial charge in [-0.2, -0.15) is 0 Å². The van der Waals surface area contributed by atoms with Gasteiger partial charge in [0.15, 0.2) is 0 Å². The van der Waals surface area contributed by atoms with Gasteiger partial charge in [-0.05, 0) is 29.7 Å². The lowest BCUT2D eigenvalue weighted by Gasteiger charge is -2.22. The molecule has 2 aromatic carbocycles. The topological polar surface area (TPSA) is 29.3 Å². The van der Waals surface area contributed by atoms with Crippen molar-refractivity contribution in [3.05, 3.63) is 71.3 Å². The van der Waals surface area contributed by atoms with Crippen LogP contribution in [0.3, 0.4) is 0 Å². The van der Waals surface area contributed by atoms with Gasteiger partial charge in [-0.3, -0.25) is 4.90 Å². The number of nitrogens with two attached hydrogens (primary N) is 1. The summed E-state index contributed by atoms with van der Waals surface area (Å²) in [5.74, 6) is 0. The number of likely N-dealkylation sites (N-methyl/N-ethyl adjacent to an activating group) is 1. The fourth-order valence-electron chi connectivity index (χ4n) is 2.43. The Morgan fingerprint density at radius 2 is 1.55 bits per heavy atom. The zero-order chi connectivity index (χ0) is 14.2. The highest BCUT2D eigenvalue weighted by Gasteiger charge is 2.07.